The van der Waals surface area contributed by atoms with E-state index in [1.807, 2.05) is 0 Å². The number of allylic oxidation sites excluding steroid dienone is 4. The van der Waals surface area contributed by atoms with E-state index in [2.05, 4.69) is 37.2 Å². The molecule has 2 fully saturated rings. The molecule has 0 aromatic heterocycles. The van der Waals surface area contributed by atoms with Gasteiger partial charge in [-0.05, 0) is 79.6 Å². The van der Waals surface area contributed by atoms with Gasteiger partial charge in [0, 0.05) is 0 Å². The van der Waals surface area contributed by atoms with Crippen LogP contribution in [-0.4, -0.2) is 10.9 Å². The lowest BCUT2D eigenvalue weighted by molar-refractivity contribution is -0.0221. The summed E-state index contributed by atoms with van der Waals surface area (Å²) < 4.78 is 0. The molecular formula is C19H27NO. The average Bonchev–Trinajstić information content (AvgIpc) is 2.88. The third kappa shape index (κ3) is 1.80. The molecule has 0 aliphatic heterocycles. The zero-order valence-corrected chi connectivity index (χ0v) is 13.3. The van der Waals surface area contributed by atoms with Gasteiger partial charge in [-0.1, -0.05) is 36.7 Å². The first-order valence-corrected chi connectivity index (χ1v) is 8.66. The van der Waals surface area contributed by atoms with Crippen molar-refractivity contribution in [3.63, 3.8) is 0 Å². The molecule has 2 saturated carbocycles. The minimum Gasteiger partial charge on any atom is -0.411 e. The highest BCUT2D eigenvalue weighted by molar-refractivity contribution is 5.96. The van der Waals surface area contributed by atoms with Crippen molar-refractivity contribution in [2.24, 2.45) is 33.7 Å². The summed E-state index contributed by atoms with van der Waals surface area (Å²) in [5.41, 5.74) is 3.30. The van der Waals surface area contributed by atoms with Gasteiger partial charge >= 0.3 is 0 Å². The largest absolute Gasteiger partial charge is 0.411 e. The van der Waals surface area contributed by atoms with Crippen LogP contribution in [0.3, 0.4) is 0 Å². The van der Waals surface area contributed by atoms with Gasteiger partial charge in [0.25, 0.3) is 0 Å². The summed E-state index contributed by atoms with van der Waals surface area (Å²) in [5.74, 6) is 2.62. The van der Waals surface area contributed by atoms with E-state index in [-0.39, 0.29) is 0 Å². The molecular weight excluding hydrogens is 258 g/mol. The van der Waals surface area contributed by atoms with E-state index in [1.54, 1.807) is 5.57 Å². The van der Waals surface area contributed by atoms with Crippen LogP contribution in [0.4, 0.5) is 0 Å². The maximum atomic E-state index is 9.09. The molecule has 0 bridgehead atoms. The first kappa shape index (κ1) is 13.6. The van der Waals surface area contributed by atoms with Crippen LogP contribution in [0, 0.1) is 28.6 Å². The van der Waals surface area contributed by atoms with Gasteiger partial charge < -0.3 is 5.21 Å². The zero-order chi connectivity index (χ0) is 14.7. The summed E-state index contributed by atoms with van der Waals surface area (Å²) in [6, 6.07) is 0. The summed E-state index contributed by atoms with van der Waals surface area (Å²) >= 11 is 0. The predicted octanol–water partition coefficient (Wildman–Crippen LogP) is 4.95. The lowest BCUT2D eigenvalue weighted by Gasteiger charge is -2.57. The lowest BCUT2D eigenvalue weighted by Crippen LogP contribution is -2.49. The van der Waals surface area contributed by atoms with E-state index in [0.717, 1.165) is 29.9 Å². The van der Waals surface area contributed by atoms with E-state index in [0.29, 0.717) is 10.8 Å². The fourth-order valence-electron chi connectivity index (χ4n) is 6.13. The summed E-state index contributed by atoms with van der Waals surface area (Å²) in [6.45, 7) is 4.98. The molecule has 0 radical (unpaired) electrons. The smallest absolute Gasteiger partial charge is 0.0795 e. The second-order valence-corrected chi connectivity index (χ2v) is 8.28. The van der Waals surface area contributed by atoms with Crippen molar-refractivity contribution in [2.75, 3.05) is 0 Å². The molecule has 1 N–H and O–H groups in total. The minimum absolute atomic E-state index is 0.362. The van der Waals surface area contributed by atoms with Crippen molar-refractivity contribution in [1.29, 1.82) is 0 Å². The number of oxime groups is 1. The van der Waals surface area contributed by atoms with Crippen LogP contribution in [-0.2, 0) is 0 Å². The Morgan fingerprint density at radius 1 is 1.14 bits per heavy atom. The third-order valence-electron chi connectivity index (χ3n) is 7.43. The standard InChI is InChI=1S/C19H27NO/c1-18-9-3-4-16(18)15-6-5-13-12-14(20-21)7-11-19(13,2)17(15)8-10-18/h3,9,12,15-17,21H,4-8,10-11H2,1-2H3/t15-,16-,17-,18-,19-/m0/s1. The number of fused-ring (bicyclic) bond motifs is 5. The molecule has 0 aromatic rings. The molecule has 0 amide bonds. The van der Waals surface area contributed by atoms with Crippen molar-refractivity contribution >= 4 is 5.71 Å². The molecule has 0 unspecified atom stereocenters. The second-order valence-electron chi connectivity index (χ2n) is 8.28. The SMILES string of the molecule is C[C@@]12C=CC[C@H]1[C@@H]1CCC3=CC(=NO)CC[C@]3(C)[C@H]1CC2. The molecule has 21 heavy (non-hydrogen) atoms. The van der Waals surface area contributed by atoms with Gasteiger partial charge in [0.2, 0.25) is 0 Å². The van der Waals surface area contributed by atoms with Gasteiger partial charge in [0.15, 0.2) is 0 Å². The first-order valence-electron chi connectivity index (χ1n) is 8.66. The molecule has 0 saturated heterocycles. The molecule has 4 rings (SSSR count). The van der Waals surface area contributed by atoms with Crippen LogP contribution < -0.4 is 0 Å². The summed E-state index contributed by atoms with van der Waals surface area (Å²) in [5, 5.41) is 12.6. The van der Waals surface area contributed by atoms with Crippen LogP contribution in [0.15, 0.2) is 29.0 Å². The van der Waals surface area contributed by atoms with Crippen LogP contribution >= 0.6 is 0 Å². The topological polar surface area (TPSA) is 32.6 Å². The zero-order valence-electron chi connectivity index (χ0n) is 13.3. The highest BCUT2D eigenvalue weighted by Gasteiger charge is 2.54. The van der Waals surface area contributed by atoms with E-state index in [4.69, 9.17) is 5.21 Å². The van der Waals surface area contributed by atoms with Crippen molar-refractivity contribution in [2.45, 2.75) is 58.8 Å². The third-order valence-corrected chi connectivity index (χ3v) is 7.43. The fraction of sp³-hybridized carbons (Fsp3) is 0.737. The molecule has 4 aliphatic carbocycles. The molecule has 0 heterocycles. The normalized spacial score (nSPS) is 50.3. The quantitative estimate of drug-likeness (QED) is 0.381. The monoisotopic (exact) mass is 285 g/mol. The van der Waals surface area contributed by atoms with Crippen LogP contribution in [0.25, 0.3) is 0 Å². The minimum atomic E-state index is 0.362. The molecule has 0 aromatic carbocycles. The average molecular weight is 285 g/mol. The second kappa shape index (κ2) is 4.47. The maximum Gasteiger partial charge on any atom is 0.0795 e. The van der Waals surface area contributed by atoms with Gasteiger partial charge in [-0.25, -0.2) is 0 Å². The van der Waals surface area contributed by atoms with Gasteiger partial charge in [-0.2, -0.15) is 0 Å². The number of hydrogen-bond donors (Lipinski definition) is 1. The summed E-state index contributed by atoms with van der Waals surface area (Å²) in [6.07, 6.45) is 15.9. The molecule has 2 heteroatoms. The lowest BCUT2D eigenvalue weighted by atomic mass is 9.47. The Labute approximate surface area is 128 Å². The van der Waals surface area contributed by atoms with E-state index in [1.165, 1.54) is 38.5 Å². The Morgan fingerprint density at radius 2 is 2.00 bits per heavy atom. The van der Waals surface area contributed by atoms with Gasteiger partial charge in [-0.15, -0.1) is 0 Å². The summed E-state index contributed by atoms with van der Waals surface area (Å²) in [7, 11) is 0. The Morgan fingerprint density at radius 3 is 2.81 bits per heavy atom. The molecule has 4 aliphatic rings. The van der Waals surface area contributed by atoms with Crippen LogP contribution in [0.5, 0.6) is 0 Å². The number of nitrogens with zero attached hydrogens (tertiary/aromatic N) is 1. The molecule has 0 spiro atoms. The molecule has 2 nitrogen and oxygen atoms in total. The van der Waals surface area contributed by atoms with Crippen LogP contribution in [0.1, 0.15) is 58.8 Å². The van der Waals surface area contributed by atoms with Crippen molar-refractivity contribution in [1.82, 2.24) is 0 Å². The maximum absolute atomic E-state index is 9.09. The Hall–Kier alpha value is -1.05. The Bertz CT molecular complexity index is 546. The Balaban J connectivity index is 1.68. The number of rotatable bonds is 0. The van der Waals surface area contributed by atoms with Crippen molar-refractivity contribution in [3.8, 4) is 0 Å². The van der Waals surface area contributed by atoms with E-state index in [9.17, 15) is 0 Å². The predicted molar refractivity (Wildman–Crippen MR) is 85.4 cm³/mol. The fourth-order valence-corrected chi connectivity index (χ4v) is 6.13. The van der Waals surface area contributed by atoms with Gasteiger partial charge in [0.05, 0.1) is 5.71 Å². The van der Waals surface area contributed by atoms with Crippen molar-refractivity contribution in [3.05, 3.63) is 23.8 Å². The van der Waals surface area contributed by atoms with Gasteiger partial charge in [-0.3, -0.25) is 0 Å². The Kier molecular flexibility index (Phi) is 2.90. The molecule has 5 atom stereocenters. The van der Waals surface area contributed by atoms with Crippen molar-refractivity contribution < 1.29 is 5.21 Å². The molecule has 114 valence electrons. The van der Waals surface area contributed by atoms with Gasteiger partial charge in [0.1, 0.15) is 0 Å². The highest BCUT2D eigenvalue weighted by atomic mass is 16.4. The first-order chi connectivity index (χ1) is 10.1. The van der Waals surface area contributed by atoms with E-state index < -0.39 is 0 Å². The van der Waals surface area contributed by atoms with Crippen LogP contribution in [0.2, 0.25) is 0 Å². The highest BCUT2D eigenvalue weighted by Crippen LogP contribution is 2.63. The summed E-state index contributed by atoms with van der Waals surface area (Å²) in [4.78, 5) is 0. The number of hydrogen-bond acceptors (Lipinski definition) is 2. The van der Waals surface area contributed by atoms with E-state index >= 15 is 0 Å².